The number of nitrogens with two attached hydrogens (primary N) is 2. The molecule has 1 amide bonds. The molecule has 6 nitrogen and oxygen atoms in total. The Hall–Kier alpha value is -1.14. The van der Waals surface area contributed by atoms with Crippen molar-refractivity contribution in [2.24, 2.45) is 11.5 Å². The van der Waals surface area contributed by atoms with E-state index in [-0.39, 0.29) is 18.7 Å². The quantitative estimate of drug-likeness (QED) is 0.383. The minimum atomic E-state index is -0.998. The van der Waals surface area contributed by atoms with Gasteiger partial charge in [0, 0.05) is 6.42 Å². The van der Waals surface area contributed by atoms with Gasteiger partial charge in [-0.3, -0.25) is 9.59 Å². The van der Waals surface area contributed by atoms with Gasteiger partial charge in [0.1, 0.15) is 0 Å². The van der Waals surface area contributed by atoms with Gasteiger partial charge in [0.05, 0.1) is 12.6 Å². The highest BCUT2D eigenvalue weighted by Crippen LogP contribution is 1.90. The van der Waals surface area contributed by atoms with Crippen molar-refractivity contribution in [3.63, 3.8) is 0 Å². The molecule has 6 heteroatoms. The summed E-state index contributed by atoms with van der Waals surface area (Å²) in [6, 6.07) is 0. The lowest BCUT2D eigenvalue weighted by molar-refractivity contribution is -0.138. The van der Waals surface area contributed by atoms with Crippen molar-refractivity contribution in [1.29, 1.82) is 0 Å². The number of hydrogen-bond acceptors (Lipinski definition) is 4. The average Bonchev–Trinajstić information content (AvgIpc) is 2.01. The lowest BCUT2D eigenvalue weighted by Crippen LogP contribution is -2.42. The smallest absolute Gasteiger partial charge is 0.303 e. The molecule has 0 saturated carbocycles. The van der Waals surface area contributed by atoms with Gasteiger partial charge >= 0.3 is 5.97 Å². The standard InChI is InChI=1S/C7H15N3O3/c8-4-3-5(9)10-6(11)1-2-7(12)13/h5H,1-4,8-9H2,(H,10,11)(H,12,13). The van der Waals surface area contributed by atoms with Crippen LogP contribution < -0.4 is 16.8 Å². The highest BCUT2D eigenvalue weighted by Gasteiger charge is 2.08. The molecule has 0 spiro atoms. The lowest BCUT2D eigenvalue weighted by atomic mass is 10.3. The summed E-state index contributed by atoms with van der Waals surface area (Å²) in [5.74, 6) is -1.36. The zero-order valence-electron chi connectivity index (χ0n) is 7.32. The van der Waals surface area contributed by atoms with Gasteiger partial charge < -0.3 is 21.9 Å². The second-order valence-electron chi connectivity index (χ2n) is 2.65. The van der Waals surface area contributed by atoms with Crippen LogP contribution >= 0.6 is 0 Å². The third-order valence-corrected chi connectivity index (χ3v) is 1.39. The maximum absolute atomic E-state index is 10.9. The first-order chi connectivity index (χ1) is 6.06. The number of rotatable bonds is 6. The number of carbonyl (C=O) groups excluding carboxylic acids is 1. The van der Waals surface area contributed by atoms with Crippen LogP contribution in [0.15, 0.2) is 0 Å². The Labute approximate surface area is 76.3 Å². The molecule has 0 saturated heterocycles. The van der Waals surface area contributed by atoms with Gasteiger partial charge in [-0.1, -0.05) is 0 Å². The second-order valence-corrected chi connectivity index (χ2v) is 2.65. The van der Waals surface area contributed by atoms with Gasteiger partial charge in [-0.25, -0.2) is 0 Å². The summed E-state index contributed by atoms with van der Waals surface area (Å²) in [5, 5.41) is 10.7. The van der Waals surface area contributed by atoms with E-state index in [0.717, 1.165) is 0 Å². The molecule has 0 aromatic rings. The molecule has 0 bridgehead atoms. The predicted molar refractivity (Wildman–Crippen MR) is 46.7 cm³/mol. The van der Waals surface area contributed by atoms with E-state index in [0.29, 0.717) is 13.0 Å². The highest BCUT2D eigenvalue weighted by atomic mass is 16.4. The van der Waals surface area contributed by atoms with Crippen molar-refractivity contribution in [2.45, 2.75) is 25.4 Å². The molecule has 0 aliphatic carbocycles. The molecular weight excluding hydrogens is 174 g/mol. The average molecular weight is 189 g/mol. The summed E-state index contributed by atoms with van der Waals surface area (Å²) in [6.07, 6.45) is -0.223. The van der Waals surface area contributed by atoms with Crippen LogP contribution in [-0.2, 0) is 9.59 Å². The molecule has 0 fully saturated rings. The Morgan fingerprint density at radius 3 is 2.46 bits per heavy atom. The van der Waals surface area contributed by atoms with Crippen molar-refractivity contribution < 1.29 is 14.7 Å². The van der Waals surface area contributed by atoms with Gasteiger partial charge in [0.15, 0.2) is 0 Å². The van der Waals surface area contributed by atoms with E-state index in [1.807, 2.05) is 0 Å². The molecule has 0 aliphatic rings. The van der Waals surface area contributed by atoms with Crippen LogP contribution in [0.1, 0.15) is 19.3 Å². The summed E-state index contributed by atoms with van der Waals surface area (Å²) in [4.78, 5) is 21.0. The zero-order chi connectivity index (χ0) is 10.3. The molecule has 1 unspecified atom stereocenters. The maximum Gasteiger partial charge on any atom is 0.303 e. The third kappa shape index (κ3) is 7.23. The van der Waals surface area contributed by atoms with Crippen LogP contribution in [0.25, 0.3) is 0 Å². The number of amides is 1. The fourth-order valence-electron chi connectivity index (χ4n) is 0.751. The zero-order valence-corrected chi connectivity index (χ0v) is 7.32. The number of hydrogen-bond donors (Lipinski definition) is 4. The third-order valence-electron chi connectivity index (χ3n) is 1.39. The summed E-state index contributed by atoms with van der Waals surface area (Å²) in [5.41, 5.74) is 10.6. The fourth-order valence-corrected chi connectivity index (χ4v) is 0.751. The Kier molecular flexibility index (Phi) is 5.82. The summed E-state index contributed by atoms with van der Waals surface area (Å²) in [6.45, 7) is 0.389. The van der Waals surface area contributed by atoms with E-state index in [1.165, 1.54) is 0 Å². The molecule has 0 aromatic heterocycles. The monoisotopic (exact) mass is 189 g/mol. The van der Waals surface area contributed by atoms with E-state index < -0.39 is 12.1 Å². The van der Waals surface area contributed by atoms with Crippen molar-refractivity contribution in [1.82, 2.24) is 5.32 Å². The number of aliphatic carboxylic acids is 1. The first kappa shape index (κ1) is 11.9. The first-order valence-corrected chi connectivity index (χ1v) is 4.03. The van der Waals surface area contributed by atoms with Crippen molar-refractivity contribution in [3.05, 3.63) is 0 Å². The Morgan fingerprint density at radius 2 is 2.00 bits per heavy atom. The van der Waals surface area contributed by atoms with Crippen molar-refractivity contribution in [3.8, 4) is 0 Å². The molecule has 0 heterocycles. The minimum Gasteiger partial charge on any atom is -0.481 e. The number of carboxylic acids is 1. The fraction of sp³-hybridized carbons (Fsp3) is 0.714. The number of carboxylic acid groups (broad SMARTS) is 1. The van der Waals surface area contributed by atoms with E-state index in [4.69, 9.17) is 16.6 Å². The van der Waals surface area contributed by atoms with Crippen LogP contribution in [-0.4, -0.2) is 29.7 Å². The topological polar surface area (TPSA) is 118 Å². The van der Waals surface area contributed by atoms with Crippen LogP contribution in [0, 0.1) is 0 Å². The molecule has 0 radical (unpaired) electrons. The Bertz CT molecular complexity index is 184. The van der Waals surface area contributed by atoms with E-state index in [9.17, 15) is 9.59 Å². The van der Waals surface area contributed by atoms with Crippen molar-refractivity contribution >= 4 is 11.9 Å². The molecule has 1 atom stereocenters. The van der Waals surface area contributed by atoms with Gasteiger partial charge in [-0.15, -0.1) is 0 Å². The highest BCUT2D eigenvalue weighted by molar-refractivity contribution is 5.80. The lowest BCUT2D eigenvalue weighted by Gasteiger charge is -2.11. The van der Waals surface area contributed by atoms with Gasteiger partial charge in [0.25, 0.3) is 0 Å². The van der Waals surface area contributed by atoms with Crippen LogP contribution in [0.4, 0.5) is 0 Å². The van der Waals surface area contributed by atoms with Gasteiger partial charge in [0.2, 0.25) is 5.91 Å². The van der Waals surface area contributed by atoms with Gasteiger partial charge in [-0.2, -0.15) is 0 Å². The minimum absolute atomic E-state index is 0.0480. The summed E-state index contributed by atoms with van der Waals surface area (Å²) < 4.78 is 0. The second kappa shape index (κ2) is 6.38. The van der Waals surface area contributed by atoms with Gasteiger partial charge in [-0.05, 0) is 13.0 Å². The van der Waals surface area contributed by atoms with E-state index in [2.05, 4.69) is 5.32 Å². The molecule has 76 valence electrons. The number of nitrogens with one attached hydrogen (secondary N) is 1. The largest absolute Gasteiger partial charge is 0.481 e. The summed E-state index contributed by atoms with van der Waals surface area (Å²) in [7, 11) is 0. The molecule has 6 N–H and O–H groups in total. The molecule has 0 rings (SSSR count). The first-order valence-electron chi connectivity index (χ1n) is 4.03. The van der Waals surface area contributed by atoms with E-state index >= 15 is 0 Å². The molecule has 0 aromatic carbocycles. The van der Waals surface area contributed by atoms with Crippen molar-refractivity contribution in [2.75, 3.05) is 6.54 Å². The summed E-state index contributed by atoms with van der Waals surface area (Å²) >= 11 is 0. The molecule has 0 aliphatic heterocycles. The predicted octanol–water partition coefficient (Wildman–Crippen LogP) is -1.40. The SMILES string of the molecule is NCCC(N)NC(=O)CCC(=O)O. The maximum atomic E-state index is 10.9. The van der Waals surface area contributed by atoms with E-state index in [1.54, 1.807) is 0 Å². The molecular formula is C7H15N3O3. The molecule has 13 heavy (non-hydrogen) atoms. The number of carbonyl (C=O) groups is 2. The normalized spacial score (nSPS) is 12.2. The Balaban J connectivity index is 3.55. The Morgan fingerprint density at radius 1 is 1.38 bits per heavy atom. The van der Waals surface area contributed by atoms with Crippen LogP contribution in [0.2, 0.25) is 0 Å². The van der Waals surface area contributed by atoms with Crippen LogP contribution in [0.3, 0.4) is 0 Å². The van der Waals surface area contributed by atoms with Crippen LogP contribution in [0.5, 0.6) is 0 Å².